The Morgan fingerprint density at radius 2 is 0.870 bits per heavy atom. The Bertz CT molecular complexity index is 704. The average Bonchev–Trinajstić information content (AvgIpc) is 3.04. The van der Waals surface area contributed by atoms with Gasteiger partial charge in [0, 0.05) is 24.3 Å². The molecule has 0 saturated heterocycles. The third-order valence-corrected chi connectivity index (χ3v) is 10.0. The SMILES string of the molecule is CCCCCCCCCCCCCCCC(=O)OC[C@H](CSCC(N)C(C)=O)OC(=O)CCCCCCCCCCCCCCC. The van der Waals surface area contributed by atoms with E-state index in [0.717, 1.165) is 38.5 Å². The molecule has 0 rings (SSSR count). The Hall–Kier alpha value is -1.08. The van der Waals surface area contributed by atoms with E-state index < -0.39 is 12.1 Å². The Morgan fingerprint density at radius 1 is 0.522 bits per heavy atom. The van der Waals surface area contributed by atoms with E-state index >= 15 is 0 Å². The van der Waals surface area contributed by atoms with E-state index in [1.54, 1.807) is 0 Å². The van der Waals surface area contributed by atoms with Crippen molar-refractivity contribution < 1.29 is 23.9 Å². The molecule has 0 heterocycles. The van der Waals surface area contributed by atoms with Gasteiger partial charge in [-0.05, 0) is 19.8 Å². The van der Waals surface area contributed by atoms with Gasteiger partial charge < -0.3 is 15.2 Å². The summed E-state index contributed by atoms with van der Waals surface area (Å²) in [6.07, 6.45) is 33.1. The number of ketones is 1. The minimum Gasteiger partial charge on any atom is -0.462 e. The Balaban J connectivity index is 4.06. The summed E-state index contributed by atoms with van der Waals surface area (Å²) < 4.78 is 11.2. The number of rotatable bonds is 36. The third kappa shape index (κ3) is 32.8. The first kappa shape index (κ1) is 44.9. The Morgan fingerprint density at radius 3 is 1.24 bits per heavy atom. The highest BCUT2D eigenvalue weighted by Gasteiger charge is 2.18. The second kappa shape index (κ2) is 35.2. The topological polar surface area (TPSA) is 95.7 Å². The van der Waals surface area contributed by atoms with Crippen molar-refractivity contribution in [2.75, 3.05) is 18.1 Å². The van der Waals surface area contributed by atoms with Crippen molar-refractivity contribution >= 4 is 29.5 Å². The van der Waals surface area contributed by atoms with Gasteiger partial charge in [-0.15, -0.1) is 0 Å². The molecule has 46 heavy (non-hydrogen) atoms. The largest absolute Gasteiger partial charge is 0.462 e. The number of hydrogen-bond acceptors (Lipinski definition) is 7. The van der Waals surface area contributed by atoms with Crippen molar-refractivity contribution in [2.24, 2.45) is 5.73 Å². The van der Waals surface area contributed by atoms with Gasteiger partial charge in [0.05, 0.1) is 6.04 Å². The van der Waals surface area contributed by atoms with Crippen LogP contribution in [-0.2, 0) is 23.9 Å². The lowest BCUT2D eigenvalue weighted by atomic mass is 10.0. The molecule has 0 spiro atoms. The zero-order chi connectivity index (χ0) is 33.9. The standard InChI is InChI=1S/C39H75NO5S/c1-4-6-8-10-12-14-16-18-20-22-24-26-28-30-38(42)44-32-36(33-46-34-37(40)35(3)41)45-39(43)31-29-27-25-23-21-19-17-15-13-11-9-7-5-2/h36-37H,4-34,40H2,1-3H3/t36-,37?/m1/s1. The first-order chi connectivity index (χ1) is 22.4. The fourth-order valence-electron chi connectivity index (χ4n) is 5.64. The summed E-state index contributed by atoms with van der Waals surface area (Å²) in [5.74, 6) is 0.378. The van der Waals surface area contributed by atoms with Gasteiger partial charge in [-0.3, -0.25) is 14.4 Å². The molecule has 0 bridgehead atoms. The average molecular weight is 670 g/mol. The molecule has 0 aliphatic rings. The molecule has 2 N–H and O–H groups in total. The number of nitrogens with two attached hydrogens (primary N) is 1. The second-order valence-corrected chi connectivity index (χ2v) is 14.6. The number of thioether (sulfide) groups is 1. The van der Waals surface area contributed by atoms with Crippen LogP contribution in [0.25, 0.3) is 0 Å². The minimum absolute atomic E-state index is 0.0595. The van der Waals surface area contributed by atoms with Crippen LogP contribution in [0.4, 0.5) is 0 Å². The number of Topliss-reactive ketones (excluding diaryl/α,β-unsaturated/α-hetero) is 1. The van der Waals surface area contributed by atoms with E-state index in [4.69, 9.17) is 15.2 Å². The van der Waals surface area contributed by atoms with Crippen LogP contribution in [-0.4, -0.2) is 48.0 Å². The summed E-state index contributed by atoms with van der Waals surface area (Å²) in [5.41, 5.74) is 5.86. The lowest BCUT2D eigenvalue weighted by molar-refractivity contribution is -0.157. The summed E-state index contributed by atoms with van der Waals surface area (Å²) in [6, 6.07) is -0.537. The van der Waals surface area contributed by atoms with Crippen LogP contribution in [0.15, 0.2) is 0 Å². The van der Waals surface area contributed by atoms with Crippen LogP contribution in [0.2, 0.25) is 0 Å². The maximum atomic E-state index is 12.6. The van der Waals surface area contributed by atoms with Gasteiger partial charge >= 0.3 is 11.9 Å². The molecule has 6 nitrogen and oxygen atoms in total. The number of esters is 2. The van der Waals surface area contributed by atoms with E-state index in [9.17, 15) is 14.4 Å². The van der Waals surface area contributed by atoms with Gasteiger partial charge in [0.25, 0.3) is 0 Å². The van der Waals surface area contributed by atoms with Crippen molar-refractivity contribution in [1.29, 1.82) is 0 Å². The second-order valence-electron chi connectivity index (χ2n) is 13.5. The molecule has 0 fully saturated rings. The summed E-state index contributed by atoms with van der Waals surface area (Å²) in [5, 5.41) is 0. The van der Waals surface area contributed by atoms with Crippen LogP contribution < -0.4 is 5.73 Å². The molecule has 0 aromatic heterocycles. The van der Waals surface area contributed by atoms with Crippen molar-refractivity contribution in [3.05, 3.63) is 0 Å². The van der Waals surface area contributed by atoms with Gasteiger partial charge in [0.15, 0.2) is 0 Å². The molecule has 0 aromatic rings. The molecular formula is C39H75NO5S. The summed E-state index contributed by atoms with van der Waals surface area (Å²) in [7, 11) is 0. The maximum absolute atomic E-state index is 12.6. The zero-order valence-electron chi connectivity index (χ0n) is 30.6. The predicted octanol–water partition coefficient (Wildman–Crippen LogP) is 11.1. The highest BCUT2D eigenvalue weighted by molar-refractivity contribution is 7.99. The van der Waals surface area contributed by atoms with Crippen LogP contribution >= 0.6 is 11.8 Å². The van der Waals surface area contributed by atoms with Crippen LogP contribution in [0, 0.1) is 0 Å². The lowest BCUT2D eigenvalue weighted by Crippen LogP contribution is -2.32. The smallest absolute Gasteiger partial charge is 0.306 e. The van der Waals surface area contributed by atoms with Crippen molar-refractivity contribution in [3.8, 4) is 0 Å². The molecule has 0 radical (unpaired) electrons. The monoisotopic (exact) mass is 670 g/mol. The number of ether oxygens (including phenoxy) is 2. The first-order valence-corrected chi connectivity index (χ1v) is 20.7. The summed E-state index contributed by atoms with van der Waals surface area (Å²) in [4.78, 5) is 36.4. The van der Waals surface area contributed by atoms with Crippen molar-refractivity contribution in [2.45, 2.75) is 213 Å². The first-order valence-electron chi connectivity index (χ1n) is 19.6. The van der Waals surface area contributed by atoms with Gasteiger partial charge in [0.1, 0.15) is 18.5 Å². The fraction of sp³-hybridized carbons (Fsp3) is 0.923. The minimum atomic E-state index is -0.537. The molecule has 272 valence electrons. The van der Waals surface area contributed by atoms with Gasteiger partial charge in [-0.25, -0.2) is 0 Å². The van der Waals surface area contributed by atoms with Crippen LogP contribution in [0.5, 0.6) is 0 Å². The van der Waals surface area contributed by atoms with E-state index in [2.05, 4.69) is 13.8 Å². The van der Waals surface area contributed by atoms with Crippen LogP contribution in [0.1, 0.15) is 201 Å². The normalized spacial score (nSPS) is 12.6. The van der Waals surface area contributed by atoms with Gasteiger partial charge in [-0.2, -0.15) is 11.8 Å². The molecule has 7 heteroatoms. The van der Waals surface area contributed by atoms with E-state index in [1.165, 1.54) is 147 Å². The summed E-state index contributed by atoms with van der Waals surface area (Å²) >= 11 is 1.46. The predicted molar refractivity (Wildman–Crippen MR) is 197 cm³/mol. The van der Waals surface area contributed by atoms with E-state index in [-0.39, 0.29) is 24.3 Å². The maximum Gasteiger partial charge on any atom is 0.306 e. The van der Waals surface area contributed by atoms with Crippen LogP contribution in [0.3, 0.4) is 0 Å². The molecule has 0 aromatic carbocycles. The van der Waals surface area contributed by atoms with Crippen molar-refractivity contribution in [1.82, 2.24) is 0 Å². The van der Waals surface area contributed by atoms with E-state index in [0.29, 0.717) is 24.3 Å². The molecule has 0 amide bonds. The molecule has 0 saturated carbocycles. The molecule has 2 atom stereocenters. The molecular weight excluding hydrogens is 594 g/mol. The Kier molecular flexibility index (Phi) is 34.4. The number of carbonyl (C=O) groups is 3. The molecule has 1 unspecified atom stereocenters. The highest BCUT2D eigenvalue weighted by atomic mass is 32.2. The molecule has 0 aliphatic heterocycles. The molecule has 0 aliphatic carbocycles. The fourth-order valence-corrected chi connectivity index (χ4v) is 6.69. The van der Waals surface area contributed by atoms with Gasteiger partial charge in [-0.1, -0.05) is 168 Å². The zero-order valence-corrected chi connectivity index (χ0v) is 31.4. The Labute approximate surface area is 289 Å². The number of carbonyl (C=O) groups excluding carboxylic acids is 3. The van der Waals surface area contributed by atoms with Gasteiger partial charge in [0.2, 0.25) is 0 Å². The highest BCUT2D eigenvalue weighted by Crippen LogP contribution is 2.16. The summed E-state index contributed by atoms with van der Waals surface area (Å²) in [6.45, 7) is 6.06. The van der Waals surface area contributed by atoms with E-state index in [1.807, 2.05) is 0 Å². The third-order valence-electron chi connectivity index (χ3n) is 8.82. The number of unbranched alkanes of at least 4 members (excludes halogenated alkanes) is 24. The quantitative estimate of drug-likeness (QED) is 0.0524. The lowest BCUT2D eigenvalue weighted by Gasteiger charge is -2.18. The number of hydrogen-bond donors (Lipinski definition) is 1. The van der Waals surface area contributed by atoms with Crippen molar-refractivity contribution in [3.63, 3.8) is 0 Å².